The lowest BCUT2D eigenvalue weighted by molar-refractivity contribution is 0.415. The van der Waals surface area contributed by atoms with Crippen molar-refractivity contribution >= 4 is 11.4 Å². The van der Waals surface area contributed by atoms with Gasteiger partial charge in [-0.2, -0.15) is 5.26 Å². The van der Waals surface area contributed by atoms with Crippen LogP contribution in [0.25, 0.3) is 0 Å². The first-order valence-electron chi connectivity index (χ1n) is 5.65. The summed E-state index contributed by atoms with van der Waals surface area (Å²) in [6.07, 6.45) is 0. The molecule has 0 spiro atoms. The van der Waals surface area contributed by atoms with Gasteiger partial charge in [-0.3, -0.25) is 0 Å². The van der Waals surface area contributed by atoms with Crippen molar-refractivity contribution in [3.05, 3.63) is 53.6 Å². The molecule has 3 heteroatoms. The number of nitrogens with one attached hydrogen (secondary N) is 1. The van der Waals surface area contributed by atoms with E-state index in [-0.39, 0.29) is 0 Å². The van der Waals surface area contributed by atoms with Gasteiger partial charge in [0.1, 0.15) is 5.75 Å². The Morgan fingerprint density at radius 1 is 1.17 bits per heavy atom. The maximum atomic E-state index is 8.82. The molecular formula is C15H14N2O. The molecule has 0 aliphatic rings. The highest BCUT2D eigenvalue weighted by Gasteiger charge is 2.01. The molecule has 90 valence electrons. The van der Waals surface area contributed by atoms with Crippen LogP contribution in [0.5, 0.6) is 5.75 Å². The third-order valence-electron chi connectivity index (χ3n) is 2.70. The van der Waals surface area contributed by atoms with E-state index in [4.69, 9.17) is 10.00 Å². The SMILES string of the molecule is COc1cccc(Nc2ccc(C#N)cc2C)c1. The molecule has 0 aliphatic heterocycles. The van der Waals surface area contributed by atoms with Crippen molar-refractivity contribution in [1.82, 2.24) is 0 Å². The first-order chi connectivity index (χ1) is 8.72. The highest BCUT2D eigenvalue weighted by Crippen LogP contribution is 2.24. The zero-order chi connectivity index (χ0) is 13.0. The number of nitrogens with zero attached hydrogens (tertiary/aromatic N) is 1. The minimum Gasteiger partial charge on any atom is -0.497 e. The molecule has 18 heavy (non-hydrogen) atoms. The van der Waals surface area contributed by atoms with E-state index >= 15 is 0 Å². The number of benzene rings is 2. The molecule has 0 saturated heterocycles. The van der Waals surface area contributed by atoms with Gasteiger partial charge in [-0.15, -0.1) is 0 Å². The molecule has 2 aromatic rings. The summed E-state index contributed by atoms with van der Waals surface area (Å²) in [6.45, 7) is 1.98. The molecule has 0 aromatic heterocycles. The summed E-state index contributed by atoms with van der Waals surface area (Å²) >= 11 is 0. The molecule has 2 aromatic carbocycles. The molecule has 1 N–H and O–H groups in total. The van der Waals surface area contributed by atoms with Crippen LogP contribution in [0.3, 0.4) is 0 Å². The number of hydrogen-bond donors (Lipinski definition) is 1. The van der Waals surface area contributed by atoms with Crippen molar-refractivity contribution in [3.8, 4) is 11.8 Å². The molecular weight excluding hydrogens is 224 g/mol. The topological polar surface area (TPSA) is 45.0 Å². The van der Waals surface area contributed by atoms with E-state index in [1.54, 1.807) is 13.2 Å². The lowest BCUT2D eigenvalue weighted by Gasteiger charge is -2.10. The monoisotopic (exact) mass is 238 g/mol. The van der Waals surface area contributed by atoms with E-state index < -0.39 is 0 Å². The summed E-state index contributed by atoms with van der Waals surface area (Å²) in [5.74, 6) is 0.811. The van der Waals surface area contributed by atoms with Crippen LogP contribution < -0.4 is 10.1 Å². The Bertz CT molecular complexity index is 600. The standard InChI is InChI=1S/C15H14N2O/c1-11-8-12(10-16)6-7-15(11)17-13-4-3-5-14(9-13)18-2/h3-9,17H,1-2H3. The van der Waals surface area contributed by atoms with Crippen molar-refractivity contribution < 1.29 is 4.74 Å². The fraction of sp³-hybridized carbons (Fsp3) is 0.133. The predicted molar refractivity (Wildman–Crippen MR) is 72.2 cm³/mol. The number of anilines is 2. The molecule has 0 fully saturated rings. The van der Waals surface area contributed by atoms with Crippen molar-refractivity contribution in [3.63, 3.8) is 0 Å². The highest BCUT2D eigenvalue weighted by atomic mass is 16.5. The van der Waals surface area contributed by atoms with Crippen molar-refractivity contribution in [2.24, 2.45) is 0 Å². The molecule has 0 saturated carbocycles. The zero-order valence-electron chi connectivity index (χ0n) is 10.4. The fourth-order valence-corrected chi connectivity index (χ4v) is 1.73. The summed E-state index contributed by atoms with van der Waals surface area (Å²) in [5, 5.41) is 12.1. The number of rotatable bonds is 3. The van der Waals surface area contributed by atoms with Crippen molar-refractivity contribution in [1.29, 1.82) is 5.26 Å². The largest absolute Gasteiger partial charge is 0.497 e. The Labute approximate surface area is 107 Å². The highest BCUT2D eigenvalue weighted by molar-refractivity contribution is 5.65. The van der Waals surface area contributed by atoms with Gasteiger partial charge in [0.25, 0.3) is 0 Å². The van der Waals surface area contributed by atoms with Gasteiger partial charge in [-0.1, -0.05) is 6.07 Å². The van der Waals surface area contributed by atoms with Crippen LogP contribution in [-0.2, 0) is 0 Å². The third kappa shape index (κ3) is 2.61. The second kappa shape index (κ2) is 5.24. The average molecular weight is 238 g/mol. The number of nitriles is 1. The summed E-state index contributed by atoms with van der Waals surface area (Å²) in [7, 11) is 1.64. The van der Waals surface area contributed by atoms with E-state index in [1.807, 2.05) is 43.3 Å². The first kappa shape index (κ1) is 12.0. The van der Waals surface area contributed by atoms with Gasteiger partial charge in [0.2, 0.25) is 0 Å². The average Bonchev–Trinajstić information content (AvgIpc) is 2.41. The summed E-state index contributed by atoms with van der Waals surface area (Å²) in [4.78, 5) is 0. The van der Waals surface area contributed by atoms with E-state index in [2.05, 4.69) is 11.4 Å². The molecule has 0 unspecified atom stereocenters. The van der Waals surface area contributed by atoms with Gasteiger partial charge >= 0.3 is 0 Å². The smallest absolute Gasteiger partial charge is 0.120 e. The lowest BCUT2D eigenvalue weighted by Crippen LogP contribution is -1.94. The summed E-state index contributed by atoms with van der Waals surface area (Å²) in [5.41, 5.74) is 3.66. The second-order valence-corrected chi connectivity index (χ2v) is 4.00. The van der Waals surface area contributed by atoms with Crippen molar-refractivity contribution in [2.45, 2.75) is 6.92 Å². The van der Waals surface area contributed by atoms with Crippen LogP contribution in [0, 0.1) is 18.3 Å². The van der Waals surface area contributed by atoms with Gasteiger partial charge in [0.15, 0.2) is 0 Å². The third-order valence-corrected chi connectivity index (χ3v) is 2.70. The van der Waals surface area contributed by atoms with Gasteiger partial charge < -0.3 is 10.1 Å². The predicted octanol–water partition coefficient (Wildman–Crippen LogP) is 3.62. The molecule has 2 rings (SSSR count). The summed E-state index contributed by atoms with van der Waals surface area (Å²) < 4.78 is 5.18. The Balaban J connectivity index is 2.26. The van der Waals surface area contributed by atoms with Gasteiger partial charge in [0.05, 0.1) is 18.7 Å². The molecule has 0 aliphatic carbocycles. The van der Waals surface area contributed by atoms with E-state index in [0.717, 1.165) is 22.7 Å². The quantitative estimate of drug-likeness (QED) is 0.888. The Morgan fingerprint density at radius 2 is 2.00 bits per heavy atom. The summed E-state index contributed by atoms with van der Waals surface area (Å²) in [6, 6.07) is 15.4. The molecule has 0 atom stereocenters. The van der Waals surface area contributed by atoms with E-state index in [1.165, 1.54) is 0 Å². The minimum absolute atomic E-state index is 0.670. The maximum absolute atomic E-state index is 8.82. The maximum Gasteiger partial charge on any atom is 0.120 e. The first-order valence-corrected chi connectivity index (χ1v) is 5.65. The molecule has 0 heterocycles. The fourth-order valence-electron chi connectivity index (χ4n) is 1.73. The van der Waals surface area contributed by atoms with Crippen LogP contribution >= 0.6 is 0 Å². The Hall–Kier alpha value is -2.47. The zero-order valence-corrected chi connectivity index (χ0v) is 10.4. The number of hydrogen-bond acceptors (Lipinski definition) is 3. The number of methoxy groups -OCH3 is 1. The van der Waals surface area contributed by atoms with Crippen LogP contribution in [0.2, 0.25) is 0 Å². The van der Waals surface area contributed by atoms with Gasteiger partial charge in [0, 0.05) is 17.4 Å². The Morgan fingerprint density at radius 3 is 2.67 bits per heavy atom. The lowest BCUT2D eigenvalue weighted by atomic mass is 10.1. The van der Waals surface area contributed by atoms with Gasteiger partial charge in [-0.25, -0.2) is 0 Å². The van der Waals surface area contributed by atoms with E-state index in [9.17, 15) is 0 Å². The number of aryl methyl sites for hydroxylation is 1. The molecule has 0 radical (unpaired) electrons. The Kier molecular flexibility index (Phi) is 3.49. The second-order valence-electron chi connectivity index (χ2n) is 4.00. The molecule has 0 bridgehead atoms. The normalized spacial score (nSPS) is 9.61. The van der Waals surface area contributed by atoms with E-state index in [0.29, 0.717) is 5.56 Å². The van der Waals surface area contributed by atoms with Crippen LogP contribution in [-0.4, -0.2) is 7.11 Å². The minimum atomic E-state index is 0.670. The van der Waals surface area contributed by atoms with Crippen LogP contribution in [0.1, 0.15) is 11.1 Å². The molecule has 3 nitrogen and oxygen atoms in total. The van der Waals surface area contributed by atoms with Crippen molar-refractivity contribution in [2.75, 3.05) is 12.4 Å². The van der Waals surface area contributed by atoms with Crippen LogP contribution in [0.15, 0.2) is 42.5 Å². The van der Waals surface area contributed by atoms with Gasteiger partial charge in [-0.05, 0) is 42.8 Å². The van der Waals surface area contributed by atoms with Crippen LogP contribution in [0.4, 0.5) is 11.4 Å². The molecule has 0 amide bonds. The number of ether oxygens (including phenoxy) is 1.